The Balaban J connectivity index is 2.70. The van der Waals surface area contributed by atoms with Crippen molar-refractivity contribution in [1.29, 1.82) is 0 Å². The maximum absolute atomic E-state index is 12.1. The number of urea groups is 1. The lowest BCUT2D eigenvalue weighted by Crippen LogP contribution is -2.48. The van der Waals surface area contributed by atoms with E-state index in [1.165, 1.54) is 13.8 Å². The highest BCUT2D eigenvalue weighted by atomic mass is 16.4. The minimum atomic E-state index is -1.17. The van der Waals surface area contributed by atoms with Crippen LogP contribution in [0.25, 0.3) is 0 Å². The normalized spacial score (nSPS) is 19.5. The molecule has 0 saturated carbocycles. The lowest BCUT2D eigenvalue weighted by molar-refractivity contribution is -0.133. The molecule has 1 aliphatic rings. The Hall–Kier alpha value is -1.89. The van der Waals surface area contributed by atoms with Crippen molar-refractivity contribution in [3.63, 3.8) is 0 Å². The van der Waals surface area contributed by atoms with Crippen molar-refractivity contribution in [2.24, 2.45) is 0 Å². The second-order valence-corrected chi connectivity index (χ2v) is 5.57. The lowest BCUT2D eigenvalue weighted by Gasteiger charge is -2.27. The molecule has 1 fully saturated rings. The number of hydrogen-bond acceptors (Lipinski definition) is 4. The van der Waals surface area contributed by atoms with Crippen LogP contribution in [0.15, 0.2) is 11.1 Å². The van der Waals surface area contributed by atoms with Gasteiger partial charge in [0.2, 0.25) is 0 Å². The van der Waals surface area contributed by atoms with E-state index in [1.807, 2.05) is 19.0 Å². The van der Waals surface area contributed by atoms with Crippen molar-refractivity contribution >= 4 is 17.9 Å². The third-order valence-corrected chi connectivity index (χ3v) is 3.66. The van der Waals surface area contributed by atoms with Crippen molar-refractivity contribution < 1.29 is 19.5 Å². The molecule has 0 aromatic heterocycles. The van der Waals surface area contributed by atoms with Crippen LogP contribution in [0.4, 0.5) is 4.79 Å². The summed E-state index contributed by atoms with van der Waals surface area (Å²) in [6.45, 7) is 4.09. The van der Waals surface area contributed by atoms with Gasteiger partial charge < -0.3 is 14.9 Å². The van der Waals surface area contributed by atoms with E-state index in [1.54, 1.807) is 4.90 Å². The quantitative estimate of drug-likeness (QED) is 0.744. The Morgan fingerprint density at radius 1 is 1.24 bits per heavy atom. The standard InChI is InChI=1S/C14H23N3O4/c1-9(10(2)13(19)20)12(18)15-14(21)17-7-5-6-11(17)8-16(3)4/h11H,5-8H2,1-4H3,(H,19,20)(H,15,18,21). The summed E-state index contributed by atoms with van der Waals surface area (Å²) < 4.78 is 0. The minimum absolute atomic E-state index is 0.0409. The molecule has 1 atom stereocenters. The summed E-state index contributed by atoms with van der Waals surface area (Å²) in [5.41, 5.74) is -0.0224. The number of carboxylic acids is 1. The molecule has 1 heterocycles. The minimum Gasteiger partial charge on any atom is -0.478 e. The zero-order valence-electron chi connectivity index (χ0n) is 13.0. The first-order valence-electron chi connectivity index (χ1n) is 6.91. The van der Waals surface area contributed by atoms with Crippen molar-refractivity contribution in [3.8, 4) is 0 Å². The highest BCUT2D eigenvalue weighted by Crippen LogP contribution is 2.17. The predicted molar refractivity (Wildman–Crippen MR) is 77.8 cm³/mol. The van der Waals surface area contributed by atoms with Gasteiger partial charge in [-0.25, -0.2) is 9.59 Å². The van der Waals surface area contributed by atoms with E-state index >= 15 is 0 Å². The second kappa shape index (κ2) is 7.21. The molecule has 1 saturated heterocycles. The molecular weight excluding hydrogens is 274 g/mol. The van der Waals surface area contributed by atoms with E-state index in [9.17, 15) is 14.4 Å². The Morgan fingerprint density at radius 2 is 1.86 bits per heavy atom. The third kappa shape index (κ3) is 4.56. The molecule has 118 valence electrons. The van der Waals surface area contributed by atoms with Crippen LogP contribution < -0.4 is 5.32 Å². The van der Waals surface area contributed by atoms with Crippen LogP contribution in [0.5, 0.6) is 0 Å². The molecule has 1 unspecified atom stereocenters. The number of aliphatic carboxylic acids is 1. The van der Waals surface area contributed by atoms with Crippen LogP contribution in [-0.4, -0.2) is 66.0 Å². The Morgan fingerprint density at radius 3 is 2.38 bits per heavy atom. The maximum atomic E-state index is 12.1. The fourth-order valence-electron chi connectivity index (χ4n) is 2.31. The Bertz CT molecular complexity index is 471. The largest absolute Gasteiger partial charge is 0.478 e. The number of hydrogen-bond donors (Lipinski definition) is 2. The van der Waals surface area contributed by atoms with Gasteiger partial charge >= 0.3 is 12.0 Å². The van der Waals surface area contributed by atoms with Gasteiger partial charge in [-0.15, -0.1) is 0 Å². The second-order valence-electron chi connectivity index (χ2n) is 5.57. The van der Waals surface area contributed by atoms with Gasteiger partial charge in [0.1, 0.15) is 0 Å². The first-order chi connectivity index (χ1) is 9.73. The summed E-state index contributed by atoms with van der Waals surface area (Å²) in [6.07, 6.45) is 1.81. The molecule has 7 nitrogen and oxygen atoms in total. The van der Waals surface area contributed by atoms with Crippen LogP contribution in [0.3, 0.4) is 0 Å². The van der Waals surface area contributed by atoms with Crippen molar-refractivity contribution in [2.75, 3.05) is 27.2 Å². The molecule has 7 heteroatoms. The van der Waals surface area contributed by atoms with Gasteiger partial charge in [0, 0.05) is 30.3 Å². The average Bonchev–Trinajstić information content (AvgIpc) is 2.83. The monoisotopic (exact) mass is 297 g/mol. The van der Waals surface area contributed by atoms with Gasteiger partial charge in [-0.3, -0.25) is 10.1 Å². The molecule has 0 aromatic rings. The predicted octanol–water partition coefficient (Wildman–Crippen LogP) is 0.670. The SMILES string of the molecule is CC(C(=O)O)=C(C)C(=O)NC(=O)N1CCCC1CN(C)C. The number of carbonyl (C=O) groups excluding carboxylic acids is 2. The number of carbonyl (C=O) groups is 3. The zero-order chi connectivity index (χ0) is 16.2. The molecule has 3 amide bonds. The molecule has 0 radical (unpaired) electrons. The number of amides is 3. The van der Waals surface area contributed by atoms with E-state index in [-0.39, 0.29) is 17.2 Å². The van der Waals surface area contributed by atoms with Crippen LogP contribution in [0.2, 0.25) is 0 Å². The molecule has 21 heavy (non-hydrogen) atoms. The van der Waals surface area contributed by atoms with Gasteiger partial charge in [0.05, 0.1) is 0 Å². The summed E-state index contributed by atoms with van der Waals surface area (Å²) in [4.78, 5) is 38.5. The number of carboxylic acid groups (broad SMARTS) is 1. The van der Waals surface area contributed by atoms with E-state index in [0.717, 1.165) is 19.4 Å². The lowest BCUT2D eigenvalue weighted by atomic mass is 10.1. The first-order valence-corrected chi connectivity index (χ1v) is 6.91. The van der Waals surface area contributed by atoms with Crippen molar-refractivity contribution in [1.82, 2.24) is 15.1 Å². The molecule has 0 aromatic carbocycles. The van der Waals surface area contributed by atoms with Gasteiger partial charge in [-0.2, -0.15) is 0 Å². The molecule has 0 bridgehead atoms. The van der Waals surface area contributed by atoms with Gasteiger partial charge in [-0.05, 0) is 40.8 Å². The van der Waals surface area contributed by atoms with E-state index in [2.05, 4.69) is 5.32 Å². The van der Waals surface area contributed by atoms with E-state index in [0.29, 0.717) is 6.54 Å². The van der Waals surface area contributed by atoms with E-state index in [4.69, 9.17) is 5.11 Å². The maximum Gasteiger partial charge on any atom is 0.331 e. The van der Waals surface area contributed by atoms with Crippen molar-refractivity contribution in [3.05, 3.63) is 11.1 Å². The first kappa shape index (κ1) is 17.2. The van der Waals surface area contributed by atoms with Crippen LogP contribution in [0, 0.1) is 0 Å². The molecule has 1 aliphatic heterocycles. The molecule has 0 spiro atoms. The number of nitrogens with zero attached hydrogens (tertiary/aromatic N) is 2. The van der Waals surface area contributed by atoms with Crippen LogP contribution >= 0.6 is 0 Å². The number of rotatable bonds is 4. The smallest absolute Gasteiger partial charge is 0.331 e. The fraction of sp³-hybridized carbons (Fsp3) is 0.643. The van der Waals surface area contributed by atoms with Crippen molar-refractivity contribution in [2.45, 2.75) is 32.7 Å². The summed E-state index contributed by atoms with van der Waals surface area (Å²) in [5, 5.41) is 11.1. The zero-order valence-corrected chi connectivity index (χ0v) is 13.0. The highest BCUT2D eigenvalue weighted by Gasteiger charge is 2.30. The van der Waals surface area contributed by atoms with Gasteiger partial charge in [-0.1, -0.05) is 0 Å². The molecule has 0 aliphatic carbocycles. The molecule has 1 rings (SSSR count). The summed E-state index contributed by atoms with van der Waals surface area (Å²) in [6, 6.07) is -0.375. The summed E-state index contributed by atoms with van der Waals surface area (Å²) in [7, 11) is 3.87. The third-order valence-electron chi connectivity index (χ3n) is 3.66. The van der Waals surface area contributed by atoms with Gasteiger partial charge in [0.25, 0.3) is 5.91 Å². The summed E-state index contributed by atoms with van der Waals surface area (Å²) >= 11 is 0. The van der Waals surface area contributed by atoms with Crippen LogP contribution in [0.1, 0.15) is 26.7 Å². The number of nitrogens with one attached hydrogen (secondary N) is 1. The highest BCUT2D eigenvalue weighted by molar-refractivity contribution is 6.07. The van der Waals surface area contributed by atoms with Crippen LogP contribution in [-0.2, 0) is 9.59 Å². The van der Waals surface area contributed by atoms with E-state index < -0.39 is 17.9 Å². The molecular formula is C14H23N3O4. The summed E-state index contributed by atoms with van der Waals surface area (Å²) in [5.74, 6) is -1.82. The Kier molecular flexibility index (Phi) is 5.90. The molecule has 2 N–H and O–H groups in total. The van der Waals surface area contributed by atoms with Gasteiger partial charge in [0.15, 0.2) is 0 Å². The fourth-order valence-corrected chi connectivity index (χ4v) is 2.31. The topological polar surface area (TPSA) is 89.9 Å². The number of likely N-dealkylation sites (N-methyl/N-ethyl adjacent to an activating group) is 1. The Labute approximate surface area is 124 Å². The average molecular weight is 297 g/mol. The number of imide groups is 1. The number of likely N-dealkylation sites (tertiary alicyclic amines) is 1.